The molecule has 2 aromatic heterocycles. The lowest BCUT2D eigenvalue weighted by Gasteiger charge is -2.16. The number of thioether (sulfide) groups is 1. The van der Waals surface area contributed by atoms with E-state index in [0.29, 0.717) is 11.7 Å². The minimum absolute atomic E-state index is 0.0466. The van der Waals surface area contributed by atoms with Crippen LogP contribution in [-0.4, -0.2) is 44.9 Å². The molecule has 0 aliphatic heterocycles. The van der Waals surface area contributed by atoms with Crippen LogP contribution in [0.15, 0.2) is 52.2 Å². The molecule has 136 valence electrons. The van der Waals surface area contributed by atoms with Gasteiger partial charge in [0.15, 0.2) is 11.0 Å². The lowest BCUT2D eigenvalue weighted by atomic mass is 10.2. The van der Waals surface area contributed by atoms with Crippen molar-refractivity contribution in [1.82, 2.24) is 19.7 Å². The molecule has 1 aromatic carbocycles. The van der Waals surface area contributed by atoms with Gasteiger partial charge in [0, 0.05) is 14.1 Å². The first-order valence-electron chi connectivity index (χ1n) is 8.36. The fraction of sp³-hybridized carbons (Fsp3) is 0.316. The van der Waals surface area contributed by atoms with Crippen LogP contribution in [0.5, 0.6) is 0 Å². The molecule has 0 spiro atoms. The van der Waals surface area contributed by atoms with Gasteiger partial charge in [-0.15, -0.1) is 10.2 Å². The standard InChI is InChI=1S/C19H22N4O2S/c1-13-16(10-11-25-13)17-20-21-19(26-14(2)18(24)22(3)4)23(17)12-15-8-6-5-7-9-15/h5-11,14H,12H2,1-4H3. The molecule has 26 heavy (non-hydrogen) atoms. The molecule has 0 radical (unpaired) electrons. The first-order chi connectivity index (χ1) is 12.5. The smallest absolute Gasteiger partial charge is 0.235 e. The molecule has 3 aromatic rings. The summed E-state index contributed by atoms with van der Waals surface area (Å²) in [5.74, 6) is 1.58. The Morgan fingerprint density at radius 3 is 2.58 bits per heavy atom. The van der Waals surface area contributed by atoms with E-state index in [1.807, 2.05) is 42.7 Å². The number of furan rings is 1. The maximum absolute atomic E-state index is 12.2. The van der Waals surface area contributed by atoms with Crippen molar-refractivity contribution in [1.29, 1.82) is 0 Å². The average Bonchev–Trinajstić information content (AvgIpc) is 3.21. The van der Waals surface area contributed by atoms with Gasteiger partial charge in [-0.25, -0.2) is 0 Å². The van der Waals surface area contributed by atoms with Gasteiger partial charge in [0.1, 0.15) is 5.76 Å². The number of nitrogens with zero attached hydrogens (tertiary/aromatic N) is 4. The van der Waals surface area contributed by atoms with Crippen molar-refractivity contribution in [2.45, 2.75) is 30.8 Å². The molecule has 7 heteroatoms. The minimum Gasteiger partial charge on any atom is -0.469 e. The normalized spacial score (nSPS) is 12.2. The fourth-order valence-corrected chi connectivity index (χ4v) is 3.67. The highest BCUT2D eigenvalue weighted by Gasteiger charge is 2.23. The van der Waals surface area contributed by atoms with Crippen molar-refractivity contribution in [2.75, 3.05) is 14.1 Å². The Morgan fingerprint density at radius 2 is 1.96 bits per heavy atom. The predicted molar refractivity (Wildman–Crippen MR) is 102 cm³/mol. The van der Waals surface area contributed by atoms with Gasteiger partial charge in [0.05, 0.1) is 23.6 Å². The van der Waals surface area contributed by atoms with Crippen LogP contribution in [0, 0.1) is 6.92 Å². The van der Waals surface area contributed by atoms with E-state index in [-0.39, 0.29) is 11.2 Å². The number of amides is 1. The highest BCUT2D eigenvalue weighted by atomic mass is 32.2. The van der Waals surface area contributed by atoms with E-state index in [1.54, 1.807) is 25.3 Å². The molecule has 0 aliphatic rings. The highest BCUT2D eigenvalue weighted by molar-refractivity contribution is 8.00. The number of hydrogen-bond acceptors (Lipinski definition) is 5. The number of hydrogen-bond donors (Lipinski definition) is 0. The Hall–Kier alpha value is -2.54. The first-order valence-corrected chi connectivity index (χ1v) is 9.24. The van der Waals surface area contributed by atoms with Crippen LogP contribution in [0.2, 0.25) is 0 Å². The summed E-state index contributed by atoms with van der Waals surface area (Å²) < 4.78 is 7.47. The lowest BCUT2D eigenvalue weighted by Crippen LogP contribution is -2.29. The SMILES string of the molecule is Cc1occc1-c1nnc(SC(C)C(=O)N(C)C)n1Cc1ccccc1. The summed E-state index contributed by atoms with van der Waals surface area (Å²) in [6.45, 7) is 4.41. The maximum Gasteiger partial charge on any atom is 0.235 e. The molecule has 0 bridgehead atoms. The summed E-state index contributed by atoms with van der Waals surface area (Å²) in [6.07, 6.45) is 1.65. The van der Waals surface area contributed by atoms with Crippen molar-refractivity contribution in [3.05, 3.63) is 54.0 Å². The van der Waals surface area contributed by atoms with Gasteiger partial charge in [0.25, 0.3) is 0 Å². The number of rotatable bonds is 6. The quantitative estimate of drug-likeness (QED) is 0.622. The number of carbonyl (C=O) groups excluding carboxylic acids is 1. The van der Waals surface area contributed by atoms with Crippen molar-refractivity contribution >= 4 is 17.7 Å². The van der Waals surface area contributed by atoms with E-state index in [2.05, 4.69) is 22.3 Å². The largest absolute Gasteiger partial charge is 0.469 e. The highest BCUT2D eigenvalue weighted by Crippen LogP contribution is 2.30. The second kappa shape index (κ2) is 7.78. The summed E-state index contributed by atoms with van der Waals surface area (Å²) in [7, 11) is 3.52. The predicted octanol–water partition coefficient (Wildman–Crippen LogP) is 3.46. The Balaban J connectivity index is 1.98. The second-order valence-electron chi connectivity index (χ2n) is 6.26. The van der Waals surface area contributed by atoms with Crippen molar-refractivity contribution in [2.24, 2.45) is 0 Å². The molecule has 1 atom stereocenters. The van der Waals surface area contributed by atoms with Crippen LogP contribution in [0.25, 0.3) is 11.4 Å². The lowest BCUT2D eigenvalue weighted by molar-refractivity contribution is -0.127. The number of carbonyl (C=O) groups is 1. The molecule has 1 amide bonds. The van der Waals surface area contributed by atoms with Gasteiger partial charge in [-0.3, -0.25) is 9.36 Å². The van der Waals surface area contributed by atoms with E-state index >= 15 is 0 Å². The zero-order chi connectivity index (χ0) is 18.7. The van der Waals surface area contributed by atoms with Crippen molar-refractivity contribution < 1.29 is 9.21 Å². The molecule has 1 unspecified atom stereocenters. The van der Waals surface area contributed by atoms with Gasteiger partial charge < -0.3 is 9.32 Å². The fourth-order valence-electron chi connectivity index (χ4n) is 2.67. The molecule has 0 saturated heterocycles. The van der Waals surface area contributed by atoms with E-state index in [1.165, 1.54) is 11.8 Å². The Morgan fingerprint density at radius 1 is 1.23 bits per heavy atom. The second-order valence-corrected chi connectivity index (χ2v) is 7.57. The van der Waals surface area contributed by atoms with Gasteiger partial charge >= 0.3 is 0 Å². The summed E-state index contributed by atoms with van der Waals surface area (Å²) >= 11 is 1.42. The average molecular weight is 370 g/mol. The van der Waals surface area contributed by atoms with E-state index in [9.17, 15) is 4.79 Å². The molecule has 0 N–H and O–H groups in total. The molecular formula is C19H22N4O2S. The summed E-state index contributed by atoms with van der Waals surface area (Å²) in [5.41, 5.74) is 2.05. The van der Waals surface area contributed by atoms with Crippen LogP contribution in [0.3, 0.4) is 0 Å². The molecule has 3 rings (SSSR count). The number of aryl methyl sites for hydroxylation is 1. The van der Waals surface area contributed by atoms with Crippen molar-refractivity contribution in [3.8, 4) is 11.4 Å². The third kappa shape index (κ3) is 3.83. The van der Waals surface area contributed by atoms with Gasteiger partial charge in [0.2, 0.25) is 5.91 Å². The minimum atomic E-state index is -0.248. The Bertz CT molecular complexity index is 886. The van der Waals surface area contributed by atoms with Crippen LogP contribution in [-0.2, 0) is 11.3 Å². The first kappa shape index (κ1) is 18.3. The summed E-state index contributed by atoms with van der Waals surface area (Å²) in [5, 5.41) is 9.20. The van der Waals surface area contributed by atoms with Crippen LogP contribution in [0.4, 0.5) is 0 Å². The van der Waals surface area contributed by atoms with Crippen molar-refractivity contribution in [3.63, 3.8) is 0 Å². The molecule has 0 aliphatic carbocycles. The van der Waals surface area contributed by atoms with Crippen LogP contribution < -0.4 is 0 Å². The monoisotopic (exact) mass is 370 g/mol. The van der Waals surface area contributed by atoms with Gasteiger partial charge in [-0.2, -0.15) is 0 Å². The number of aromatic nitrogens is 3. The summed E-state index contributed by atoms with van der Waals surface area (Å²) in [6, 6.07) is 12.0. The molecule has 2 heterocycles. The zero-order valence-corrected chi connectivity index (χ0v) is 16.2. The Kier molecular flexibility index (Phi) is 5.46. The third-order valence-electron chi connectivity index (χ3n) is 4.07. The van der Waals surface area contributed by atoms with Gasteiger partial charge in [-0.05, 0) is 25.5 Å². The zero-order valence-electron chi connectivity index (χ0n) is 15.3. The van der Waals surface area contributed by atoms with E-state index in [0.717, 1.165) is 22.7 Å². The van der Waals surface area contributed by atoms with E-state index in [4.69, 9.17) is 4.42 Å². The maximum atomic E-state index is 12.2. The topological polar surface area (TPSA) is 64.2 Å². The van der Waals surface area contributed by atoms with Gasteiger partial charge in [-0.1, -0.05) is 42.1 Å². The van der Waals surface area contributed by atoms with E-state index < -0.39 is 0 Å². The third-order valence-corrected chi connectivity index (χ3v) is 5.14. The molecule has 0 saturated carbocycles. The molecular weight excluding hydrogens is 348 g/mol. The molecule has 6 nitrogen and oxygen atoms in total. The van der Waals surface area contributed by atoms with Crippen LogP contribution >= 0.6 is 11.8 Å². The van der Waals surface area contributed by atoms with Crippen LogP contribution in [0.1, 0.15) is 18.2 Å². The Labute approximate surface area is 157 Å². The summed E-state index contributed by atoms with van der Waals surface area (Å²) in [4.78, 5) is 13.8. The molecule has 0 fully saturated rings. The number of benzene rings is 1.